The average molecular weight is 343 g/mol. The zero-order valence-corrected chi connectivity index (χ0v) is 14.0. The maximum absolute atomic E-state index is 12.0. The third kappa shape index (κ3) is 3.83. The molecule has 1 N–H and O–H groups in total. The van der Waals surface area contributed by atoms with E-state index in [2.05, 4.69) is 27.8 Å². The number of thioether (sulfide) groups is 1. The van der Waals surface area contributed by atoms with Crippen LogP contribution >= 0.6 is 11.8 Å². The normalized spacial score (nSPS) is 10.7. The van der Waals surface area contributed by atoms with Crippen molar-refractivity contribution in [3.05, 3.63) is 54.0 Å². The molecule has 0 spiro atoms. The van der Waals surface area contributed by atoms with Gasteiger partial charge in [0.2, 0.25) is 11.1 Å². The number of aryl methyl sites for hydroxylation is 1. The summed E-state index contributed by atoms with van der Waals surface area (Å²) in [6.07, 6.45) is 2.46. The number of aromatic nitrogens is 4. The zero-order valence-electron chi connectivity index (χ0n) is 13.2. The van der Waals surface area contributed by atoms with E-state index < -0.39 is 0 Å². The second kappa shape index (κ2) is 7.78. The number of carbonyl (C=O) groups excluding carboxylic acids is 1. The van der Waals surface area contributed by atoms with Gasteiger partial charge in [-0.3, -0.25) is 4.79 Å². The van der Waals surface area contributed by atoms with Gasteiger partial charge in [0.05, 0.1) is 24.2 Å². The Hall–Kier alpha value is -2.61. The van der Waals surface area contributed by atoms with Crippen LogP contribution in [0.4, 0.5) is 0 Å². The lowest BCUT2D eigenvalue weighted by atomic mass is 10.1. The number of amides is 1. The molecule has 0 saturated carbocycles. The van der Waals surface area contributed by atoms with E-state index in [4.69, 9.17) is 4.42 Å². The molecule has 8 heteroatoms. The minimum Gasteiger partial charge on any atom is -0.467 e. The standard InChI is InChI=1S/C16H17N5O2S/c1-2-12-6-3-4-8-14(12)21-16(18-19-20-21)24-11-15(22)17-10-13-7-5-9-23-13/h3-9H,2,10-11H2,1H3,(H,17,22). The Kier molecular flexibility index (Phi) is 5.27. The Labute approximate surface area is 143 Å². The molecule has 0 fully saturated rings. The number of nitrogens with zero attached hydrogens (tertiary/aromatic N) is 4. The summed E-state index contributed by atoms with van der Waals surface area (Å²) in [5.74, 6) is 0.847. The number of rotatable bonds is 7. The third-order valence-corrected chi connectivity index (χ3v) is 4.33. The monoisotopic (exact) mass is 343 g/mol. The first-order chi connectivity index (χ1) is 11.8. The van der Waals surface area contributed by atoms with Gasteiger partial charge in [0.1, 0.15) is 5.76 Å². The van der Waals surface area contributed by atoms with Crippen molar-refractivity contribution >= 4 is 17.7 Å². The fraction of sp³-hybridized carbons (Fsp3) is 0.250. The molecule has 124 valence electrons. The second-order valence-corrected chi connectivity index (χ2v) is 5.94. The Balaban J connectivity index is 1.62. The van der Waals surface area contributed by atoms with Crippen LogP contribution in [0.2, 0.25) is 0 Å². The molecule has 0 aliphatic carbocycles. The molecule has 2 heterocycles. The average Bonchev–Trinajstić information content (AvgIpc) is 3.29. The molecule has 0 aliphatic heterocycles. The van der Waals surface area contributed by atoms with Crippen molar-refractivity contribution in [2.75, 3.05) is 5.75 Å². The predicted molar refractivity (Wildman–Crippen MR) is 89.8 cm³/mol. The third-order valence-electron chi connectivity index (χ3n) is 3.41. The fourth-order valence-electron chi connectivity index (χ4n) is 2.22. The number of benzene rings is 1. The van der Waals surface area contributed by atoms with Crippen LogP contribution in [0.1, 0.15) is 18.2 Å². The van der Waals surface area contributed by atoms with Gasteiger partial charge in [-0.15, -0.1) is 5.10 Å². The van der Waals surface area contributed by atoms with Gasteiger partial charge in [0, 0.05) is 0 Å². The lowest BCUT2D eigenvalue weighted by Crippen LogP contribution is -2.24. The van der Waals surface area contributed by atoms with Gasteiger partial charge in [-0.25, -0.2) is 0 Å². The number of hydrogen-bond acceptors (Lipinski definition) is 6. The minimum absolute atomic E-state index is 0.102. The van der Waals surface area contributed by atoms with Gasteiger partial charge < -0.3 is 9.73 Å². The molecular formula is C16H17N5O2S. The Morgan fingerprint density at radius 3 is 2.96 bits per heavy atom. The van der Waals surface area contributed by atoms with Crippen molar-refractivity contribution in [2.45, 2.75) is 25.0 Å². The summed E-state index contributed by atoms with van der Waals surface area (Å²) in [6.45, 7) is 2.45. The summed E-state index contributed by atoms with van der Waals surface area (Å²) >= 11 is 1.30. The SMILES string of the molecule is CCc1ccccc1-n1nnnc1SCC(=O)NCc1ccco1. The summed E-state index contributed by atoms with van der Waals surface area (Å²) in [4.78, 5) is 12.0. The topological polar surface area (TPSA) is 85.8 Å². The number of furan rings is 1. The molecule has 7 nitrogen and oxygen atoms in total. The maximum Gasteiger partial charge on any atom is 0.230 e. The largest absolute Gasteiger partial charge is 0.467 e. The van der Waals surface area contributed by atoms with Crippen molar-refractivity contribution in [3.63, 3.8) is 0 Å². The van der Waals surface area contributed by atoms with Gasteiger partial charge in [0.25, 0.3) is 0 Å². The molecule has 1 amide bonds. The Bertz CT molecular complexity index is 800. The molecule has 2 aromatic heterocycles. The Morgan fingerprint density at radius 2 is 2.17 bits per heavy atom. The van der Waals surface area contributed by atoms with Crippen molar-refractivity contribution < 1.29 is 9.21 Å². The molecule has 0 unspecified atom stereocenters. The first kappa shape index (κ1) is 16.3. The fourth-order valence-corrected chi connectivity index (χ4v) is 2.93. The van der Waals surface area contributed by atoms with Gasteiger partial charge in [-0.2, -0.15) is 4.68 Å². The highest BCUT2D eigenvalue weighted by Crippen LogP contribution is 2.21. The minimum atomic E-state index is -0.102. The number of carbonyl (C=O) groups is 1. The van der Waals surface area contributed by atoms with Crippen molar-refractivity contribution in [1.82, 2.24) is 25.5 Å². The van der Waals surface area contributed by atoms with Crippen LogP contribution in [0, 0.1) is 0 Å². The maximum atomic E-state index is 12.0. The molecule has 1 aromatic carbocycles. The highest BCUT2D eigenvalue weighted by Gasteiger charge is 2.13. The van der Waals surface area contributed by atoms with E-state index in [1.54, 1.807) is 17.0 Å². The second-order valence-electron chi connectivity index (χ2n) is 5.00. The highest BCUT2D eigenvalue weighted by molar-refractivity contribution is 7.99. The molecule has 0 saturated heterocycles. The Morgan fingerprint density at radius 1 is 1.29 bits per heavy atom. The summed E-state index contributed by atoms with van der Waals surface area (Å²) in [6, 6.07) is 11.5. The summed E-state index contributed by atoms with van der Waals surface area (Å²) in [5, 5.41) is 15.2. The van der Waals surface area contributed by atoms with Crippen molar-refractivity contribution in [3.8, 4) is 5.69 Å². The molecule has 3 aromatic rings. The summed E-state index contributed by atoms with van der Waals surface area (Å²) in [5.41, 5.74) is 2.08. The number of nitrogens with one attached hydrogen (secondary N) is 1. The zero-order chi connectivity index (χ0) is 16.8. The molecule has 0 atom stereocenters. The number of para-hydroxylation sites is 1. The van der Waals surface area contributed by atoms with Crippen LogP contribution < -0.4 is 5.32 Å². The van der Waals surface area contributed by atoms with Crippen LogP contribution in [0.15, 0.2) is 52.2 Å². The number of hydrogen-bond donors (Lipinski definition) is 1. The van der Waals surface area contributed by atoms with Crippen LogP contribution in [-0.2, 0) is 17.8 Å². The van der Waals surface area contributed by atoms with Crippen LogP contribution in [0.3, 0.4) is 0 Å². The van der Waals surface area contributed by atoms with Gasteiger partial charge in [0.15, 0.2) is 0 Å². The number of tetrazole rings is 1. The van der Waals surface area contributed by atoms with E-state index in [1.807, 2.05) is 30.3 Å². The first-order valence-electron chi connectivity index (χ1n) is 7.56. The van der Waals surface area contributed by atoms with E-state index in [0.717, 1.165) is 23.4 Å². The van der Waals surface area contributed by atoms with Crippen LogP contribution in [0.25, 0.3) is 5.69 Å². The van der Waals surface area contributed by atoms with E-state index in [0.29, 0.717) is 11.7 Å². The van der Waals surface area contributed by atoms with Crippen LogP contribution in [0.5, 0.6) is 0 Å². The summed E-state index contributed by atoms with van der Waals surface area (Å²) < 4.78 is 6.85. The van der Waals surface area contributed by atoms with Gasteiger partial charge in [-0.1, -0.05) is 36.9 Å². The molecule has 3 rings (SSSR count). The van der Waals surface area contributed by atoms with Gasteiger partial charge in [-0.05, 0) is 40.6 Å². The van der Waals surface area contributed by atoms with Crippen LogP contribution in [-0.4, -0.2) is 31.9 Å². The van der Waals surface area contributed by atoms with Crippen molar-refractivity contribution in [1.29, 1.82) is 0 Å². The summed E-state index contributed by atoms with van der Waals surface area (Å²) in [7, 11) is 0. The highest BCUT2D eigenvalue weighted by atomic mass is 32.2. The predicted octanol–water partition coefficient (Wildman–Crippen LogP) is 2.23. The van der Waals surface area contributed by atoms with E-state index >= 15 is 0 Å². The van der Waals surface area contributed by atoms with Gasteiger partial charge >= 0.3 is 0 Å². The van der Waals surface area contributed by atoms with Crippen molar-refractivity contribution in [2.24, 2.45) is 0 Å². The van der Waals surface area contributed by atoms with E-state index in [9.17, 15) is 4.79 Å². The molecule has 0 radical (unpaired) electrons. The molecule has 24 heavy (non-hydrogen) atoms. The molecule has 0 aliphatic rings. The van der Waals surface area contributed by atoms with E-state index in [1.165, 1.54) is 11.8 Å². The smallest absolute Gasteiger partial charge is 0.230 e. The molecule has 0 bridgehead atoms. The molecular weight excluding hydrogens is 326 g/mol. The van der Waals surface area contributed by atoms with E-state index in [-0.39, 0.29) is 11.7 Å². The lowest BCUT2D eigenvalue weighted by molar-refractivity contribution is -0.118. The quantitative estimate of drug-likeness (QED) is 0.662. The lowest BCUT2D eigenvalue weighted by Gasteiger charge is -2.08. The first-order valence-corrected chi connectivity index (χ1v) is 8.55.